The van der Waals surface area contributed by atoms with Gasteiger partial charge in [-0.15, -0.1) is 0 Å². The molecule has 1 unspecified atom stereocenters. The fraction of sp³-hybridized carbons (Fsp3) is 0.167. The number of carboxylic acids is 1. The summed E-state index contributed by atoms with van der Waals surface area (Å²) in [4.78, 5) is 11.7. The Morgan fingerprint density at radius 3 is 2.28 bits per heavy atom. The molecule has 0 aliphatic heterocycles. The van der Waals surface area contributed by atoms with Crippen LogP contribution in [0.4, 0.5) is 0 Å². The molecule has 0 spiro atoms. The fourth-order valence-electron chi connectivity index (χ4n) is 2.36. The zero-order chi connectivity index (χ0) is 18.6. The lowest BCUT2D eigenvalue weighted by Gasteiger charge is -2.21. The van der Waals surface area contributed by atoms with Gasteiger partial charge < -0.3 is 5.11 Å². The monoisotopic (exact) mass is 423 g/mol. The van der Waals surface area contributed by atoms with Gasteiger partial charge in [0.2, 0.25) is 10.0 Å². The van der Waals surface area contributed by atoms with Crippen molar-refractivity contribution in [2.24, 2.45) is 0 Å². The van der Waals surface area contributed by atoms with Gasteiger partial charge in [0.05, 0.1) is 16.5 Å². The Morgan fingerprint density at radius 1 is 1.16 bits per heavy atom. The van der Waals surface area contributed by atoms with Gasteiger partial charge >= 0.3 is 5.97 Å². The molecule has 0 aliphatic carbocycles. The Bertz CT molecular complexity index is 905. The number of aryl methyl sites for hydroxylation is 1. The van der Waals surface area contributed by atoms with E-state index in [-0.39, 0.29) is 10.5 Å². The Hall–Kier alpha value is -1.96. The molecular formula is C18H18BrNO4S. The van der Waals surface area contributed by atoms with Gasteiger partial charge in [-0.05, 0) is 37.6 Å². The zero-order valence-electron chi connectivity index (χ0n) is 13.7. The molecule has 0 aromatic heterocycles. The molecule has 0 bridgehead atoms. The molecule has 0 saturated carbocycles. The van der Waals surface area contributed by atoms with Crippen LogP contribution < -0.4 is 4.72 Å². The largest absolute Gasteiger partial charge is 0.478 e. The van der Waals surface area contributed by atoms with Gasteiger partial charge in [-0.1, -0.05) is 57.9 Å². The SMILES string of the molecule is CC=C(C(=O)O)C(NS(=O)(=O)c1ccc(C)cc1)c1ccccc1Br. The number of hydrogen-bond donors (Lipinski definition) is 2. The van der Waals surface area contributed by atoms with Crippen molar-refractivity contribution in [1.29, 1.82) is 0 Å². The van der Waals surface area contributed by atoms with Crippen molar-refractivity contribution in [3.63, 3.8) is 0 Å². The molecule has 132 valence electrons. The van der Waals surface area contributed by atoms with Crippen LogP contribution in [0.2, 0.25) is 0 Å². The van der Waals surface area contributed by atoms with Crippen LogP contribution in [0, 0.1) is 6.92 Å². The van der Waals surface area contributed by atoms with Gasteiger partial charge in [-0.25, -0.2) is 13.2 Å². The van der Waals surface area contributed by atoms with Crippen LogP contribution in [0.3, 0.4) is 0 Å². The third-order valence-corrected chi connectivity index (χ3v) is 5.85. The third-order valence-electron chi connectivity index (χ3n) is 3.69. The van der Waals surface area contributed by atoms with Crippen LogP contribution in [0.25, 0.3) is 0 Å². The van der Waals surface area contributed by atoms with Gasteiger partial charge in [-0.3, -0.25) is 0 Å². The maximum atomic E-state index is 12.7. The first kappa shape index (κ1) is 19.4. The van der Waals surface area contributed by atoms with E-state index in [2.05, 4.69) is 20.7 Å². The zero-order valence-corrected chi connectivity index (χ0v) is 16.1. The second kappa shape index (κ2) is 7.95. The maximum absolute atomic E-state index is 12.7. The lowest BCUT2D eigenvalue weighted by Crippen LogP contribution is -2.32. The number of nitrogens with one attached hydrogen (secondary N) is 1. The molecule has 2 N–H and O–H groups in total. The lowest BCUT2D eigenvalue weighted by atomic mass is 9.99. The normalized spacial score (nSPS) is 13.5. The highest BCUT2D eigenvalue weighted by molar-refractivity contribution is 9.10. The van der Waals surface area contributed by atoms with Crippen LogP contribution in [0.1, 0.15) is 24.1 Å². The van der Waals surface area contributed by atoms with Gasteiger partial charge in [-0.2, -0.15) is 4.72 Å². The van der Waals surface area contributed by atoms with E-state index in [9.17, 15) is 18.3 Å². The number of aliphatic carboxylic acids is 1. The van der Waals surface area contributed by atoms with Crippen molar-refractivity contribution in [2.45, 2.75) is 24.8 Å². The number of benzene rings is 2. The van der Waals surface area contributed by atoms with Crippen LogP contribution in [0.5, 0.6) is 0 Å². The molecule has 0 fully saturated rings. The quantitative estimate of drug-likeness (QED) is 0.691. The third kappa shape index (κ3) is 4.56. The van der Waals surface area contributed by atoms with Gasteiger partial charge in [0, 0.05) is 4.47 Å². The molecule has 5 nitrogen and oxygen atoms in total. The second-order valence-corrected chi connectivity index (χ2v) is 8.01. The van der Waals surface area contributed by atoms with E-state index in [4.69, 9.17) is 0 Å². The van der Waals surface area contributed by atoms with Crippen LogP contribution in [-0.2, 0) is 14.8 Å². The summed E-state index contributed by atoms with van der Waals surface area (Å²) >= 11 is 3.36. The standard InChI is InChI=1S/C18H18BrNO4S/c1-3-14(18(21)22)17(15-6-4-5-7-16(15)19)20-25(23,24)13-10-8-12(2)9-11-13/h3-11,17,20H,1-2H3,(H,21,22). The number of allylic oxidation sites excluding steroid dienone is 1. The predicted octanol–water partition coefficient (Wildman–Crippen LogP) is 3.81. The van der Waals surface area contributed by atoms with Gasteiger partial charge in [0.15, 0.2) is 0 Å². The highest BCUT2D eigenvalue weighted by Crippen LogP contribution is 2.30. The molecular weight excluding hydrogens is 406 g/mol. The summed E-state index contributed by atoms with van der Waals surface area (Å²) in [6.07, 6.45) is 1.39. The molecule has 25 heavy (non-hydrogen) atoms. The summed E-state index contributed by atoms with van der Waals surface area (Å²) in [6, 6.07) is 12.2. The fourth-order valence-corrected chi connectivity index (χ4v) is 4.07. The van der Waals surface area contributed by atoms with Crippen molar-refractivity contribution >= 4 is 31.9 Å². The molecule has 1 atom stereocenters. The molecule has 2 aromatic rings. The Labute approximate surface area is 155 Å². The smallest absolute Gasteiger partial charge is 0.333 e. The average molecular weight is 424 g/mol. The van der Waals surface area contributed by atoms with E-state index in [1.807, 2.05) is 6.92 Å². The molecule has 0 radical (unpaired) electrons. The first-order chi connectivity index (χ1) is 11.8. The van der Waals surface area contributed by atoms with Crippen LogP contribution in [-0.4, -0.2) is 19.5 Å². The van der Waals surface area contributed by atoms with E-state index < -0.39 is 22.0 Å². The minimum absolute atomic E-state index is 0.0532. The van der Waals surface area contributed by atoms with E-state index >= 15 is 0 Å². The molecule has 0 aliphatic rings. The number of sulfonamides is 1. The second-order valence-electron chi connectivity index (χ2n) is 5.44. The lowest BCUT2D eigenvalue weighted by molar-refractivity contribution is -0.133. The van der Waals surface area contributed by atoms with Gasteiger partial charge in [0.1, 0.15) is 0 Å². The first-order valence-electron chi connectivity index (χ1n) is 7.49. The number of halogens is 1. The van der Waals surface area contributed by atoms with Gasteiger partial charge in [0.25, 0.3) is 0 Å². The predicted molar refractivity (Wildman–Crippen MR) is 99.8 cm³/mol. The Balaban J connectivity index is 2.52. The Kier molecular flexibility index (Phi) is 6.16. The first-order valence-corrected chi connectivity index (χ1v) is 9.77. The summed E-state index contributed by atoms with van der Waals surface area (Å²) in [7, 11) is -3.90. The highest BCUT2D eigenvalue weighted by Gasteiger charge is 2.28. The minimum Gasteiger partial charge on any atom is -0.478 e. The molecule has 0 heterocycles. The average Bonchev–Trinajstić information content (AvgIpc) is 2.55. The van der Waals surface area contributed by atoms with Crippen molar-refractivity contribution < 1.29 is 18.3 Å². The molecule has 2 aromatic carbocycles. The highest BCUT2D eigenvalue weighted by atomic mass is 79.9. The molecule has 0 saturated heterocycles. The summed E-state index contributed by atoms with van der Waals surface area (Å²) in [5, 5.41) is 9.48. The minimum atomic E-state index is -3.90. The van der Waals surface area contributed by atoms with Crippen LogP contribution >= 0.6 is 15.9 Å². The number of hydrogen-bond acceptors (Lipinski definition) is 3. The van der Waals surface area contributed by atoms with E-state index in [1.54, 1.807) is 43.3 Å². The summed E-state index contributed by atoms with van der Waals surface area (Å²) in [6.45, 7) is 3.42. The Morgan fingerprint density at radius 2 is 1.76 bits per heavy atom. The summed E-state index contributed by atoms with van der Waals surface area (Å²) in [5.41, 5.74) is 1.40. The van der Waals surface area contributed by atoms with Crippen molar-refractivity contribution in [1.82, 2.24) is 4.72 Å². The molecule has 0 amide bonds. The van der Waals surface area contributed by atoms with Crippen molar-refractivity contribution in [3.05, 3.63) is 75.8 Å². The number of carboxylic acid groups (broad SMARTS) is 1. The van der Waals surface area contributed by atoms with Crippen LogP contribution in [0.15, 0.2) is 69.5 Å². The summed E-state index contributed by atoms with van der Waals surface area (Å²) < 4.78 is 28.6. The number of carbonyl (C=O) groups is 1. The topological polar surface area (TPSA) is 83.5 Å². The van der Waals surface area contributed by atoms with Crippen molar-refractivity contribution in [2.75, 3.05) is 0 Å². The van der Waals surface area contributed by atoms with E-state index in [0.717, 1.165) is 5.56 Å². The number of rotatable bonds is 6. The molecule has 2 rings (SSSR count). The molecule has 7 heteroatoms. The summed E-state index contributed by atoms with van der Waals surface area (Å²) in [5.74, 6) is -1.19. The van der Waals surface area contributed by atoms with E-state index in [0.29, 0.717) is 10.0 Å². The van der Waals surface area contributed by atoms with E-state index in [1.165, 1.54) is 18.2 Å². The van der Waals surface area contributed by atoms with Crippen molar-refractivity contribution in [3.8, 4) is 0 Å². The maximum Gasteiger partial charge on any atom is 0.333 e.